The summed E-state index contributed by atoms with van der Waals surface area (Å²) in [7, 11) is 0. The molecule has 2 aliphatic heterocycles. The van der Waals surface area contributed by atoms with Gasteiger partial charge >= 0.3 is 6.09 Å². The van der Waals surface area contributed by atoms with Crippen LogP contribution in [0.1, 0.15) is 33.6 Å². The monoisotopic (exact) mass is 638 g/mol. The van der Waals surface area contributed by atoms with Crippen molar-refractivity contribution in [2.45, 2.75) is 39.2 Å². The third kappa shape index (κ3) is 10.1. The van der Waals surface area contributed by atoms with Gasteiger partial charge in [-0.1, -0.05) is 72.8 Å². The molecule has 1 amide bonds. The molecule has 6 rings (SSSR count). The maximum Gasteiger partial charge on any atom is 0.407 e. The van der Waals surface area contributed by atoms with Gasteiger partial charge in [0.25, 0.3) is 0 Å². The maximum absolute atomic E-state index is 11.7. The second kappa shape index (κ2) is 16.8. The molecule has 8 heteroatoms. The van der Waals surface area contributed by atoms with Gasteiger partial charge in [0.15, 0.2) is 0 Å². The second-order valence-electron chi connectivity index (χ2n) is 13.6. The molecule has 2 heterocycles. The van der Waals surface area contributed by atoms with E-state index in [1.165, 1.54) is 32.9 Å². The standard InChI is InChI=1S/C22H31N3O2.C17H23N3/c1-22(2,3)27-21(26)23-12-7-13-24-14-16-25(17-15-24)20-11-6-9-18-8-4-5-10-19(18)20;18-9-4-10-19-11-13-20(14-12-19)17-8-3-6-15-5-1-2-7-16(15)17/h4-6,8-11H,7,12-17H2,1-3H3,(H,23,26);1-3,5-8H,4,9-14,18H2. The summed E-state index contributed by atoms with van der Waals surface area (Å²) in [5.74, 6) is 0. The molecule has 0 saturated carbocycles. The molecule has 0 aromatic heterocycles. The summed E-state index contributed by atoms with van der Waals surface area (Å²) in [6.45, 7) is 17.9. The highest BCUT2D eigenvalue weighted by Gasteiger charge is 2.20. The second-order valence-corrected chi connectivity index (χ2v) is 13.6. The molecule has 0 spiro atoms. The van der Waals surface area contributed by atoms with E-state index in [2.05, 4.69) is 110 Å². The third-order valence-corrected chi connectivity index (χ3v) is 8.96. The van der Waals surface area contributed by atoms with Crippen LogP contribution in [0, 0.1) is 0 Å². The van der Waals surface area contributed by atoms with Crippen molar-refractivity contribution in [2.24, 2.45) is 5.73 Å². The number of nitrogens with zero attached hydrogens (tertiary/aromatic N) is 4. The number of nitrogens with two attached hydrogens (primary N) is 1. The van der Waals surface area contributed by atoms with E-state index in [9.17, 15) is 4.79 Å². The molecule has 4 aromatic rings. The average Bonchev–Trinajstić information content (AvgIpc) is 3.09. The summed E-state index contributed by atoms with van der Waals surface area (Å²) in [4.78, 5) is 21.7. The van der Waals surface area contributed by atoms with Crippen LogP contribution in [0.25, 0.3) is 21.5 Å². The van der Waals surface area contributed by atoms with Gasteiger partial charge in [0, 0.05) is 81.1 Å². The molecule has 47 heavy (non-hydrogen) atoms. The van der Waals surface area contributed by atoms with Crippen molar-refractivity contribution in [1.29, 1.82) is 0 Å². The first-order valence-electron chi connectivity index (χ1n) is 17.4. The van der Waals surface area contributed by atoms with E-state index in [4.69, 9.17) is 10.5 Å². The Hall–Kier alpha value is -3.85. The number of amides is 1. The van der Waals surface area contributed by atoms with Crippen LogP contribution in [-0.2, 0) is 4.74 Å². The minimum Gasteiger partial charge on any atom is -0.444 e. The van der Waals surface area contributed by atoms with Crippen molar-refractivity contribution < 1.29 is 9.53 Å². The highest BCUT2D eigenvalue weighted by atomic mass is 16.6. The van der Waals surface area contributed by atoms with Crippen LogP contribution in [0.3, 0.4) is 0 Å². The van der Waals surface area contributed by atoms with Gasteiger partial charge in [0.2, 0.25) is 0 Å². The topological polar surface area (TPSA) is 77.3 Å². The van der Waals surface area contributed by atoms with Crippen molar-refractivity contribution in [3.8, 4) is 0 Å². The minimum absolute atomic E-state index is 0.330. The Labute approximate surface area is 281 Å². The molecular formula is C39H54N6O2. The quantitative estimate of drug-likeness (QED) is 0.212. The average molecular weight is 639 g/mol. The lowest BCUT2D eigenvalue weighted by molar-refractivity contribution is 0.0525. The number of hydrogen-bond acceptors (Lipinski definition) is 7. The summed E-state index contributed by atoms with van der Waals surface area (Å²) in [5.41, 5.74) is 7.86. The van der Waals surface area contributed by atoms with Crippen molar-refractivity contribution >= 4 is 39.0 Å². The van der Waals surface area contributed by atoms with Crippen LogP contribution in [0.15, 0.2) is 84.9 Å². The Morgan fingerprint density at radius 2 is 1.11 bits per heavy atom. The SMILES string of the molecule is CC(C)(C)OC(=O)NCCCN1CCN(c2cccc3ccccc23)CC1.NCCCN1CCN(c2cccc3ccccc23)CC1. The van der Waals surface area contributed by atoms with Crippen molar-refractivity contribution in [3.05, 3.63) is 84.9 Å². The highest BCUT2D eigenvalue weighted by Crippen LogP contribution is 2.28. The number of ether oxygens (including phenoxy) is 1. The maximum atomic E-state index is 11.7. The van der Waals surface area contributed by atoms with Crippen LogP contribution in [-0.4, -0.2) is 100 Å². The van der Waals surface area contributed by atoms with E-state index >= 15 is 0 Å². The van der Waals surface area contributed by atoms with Gasteiger partial charge in [-0.2, -0.15) is 0 Å². The molecule has 2 fully saturated rings. The normalized spacial score (nSPS) is 16.2. The number of fused-ring (bicyclic) bond motifs is 2. The summed E-state index contributed by atoms with van der Waals surface area (Å²) >= 11 is 0. The van der Waals surface area contributed by atoms with Crippen molar-refractivity contribution in [1.82, 2.24) is 15.1 Å². The Bertz CT molecular complexity index is 1540. The number of hydrogen-bond donors (Lipinski definition) is 2. The fraction of sp³-hybridized carbons (Fsp3) is 0.462. The molecule has 0 radical (unpaired) electrons. The number of carbonyl (C=O) groups is 1. The Balaban J connectivity index is 0.000000193. The number of rotatable bonds is 9. The van der Waals surface area contributed by atoms with E-state index < -0.39 is 5.60 Å². The lowest BCUT2D eigenvalue weighted by Gasteiger charge is -2.36. The van der Waals surface area contributed by atoms with Gasteiger partial charge in [-0.05, 0) is 76.2 Å². The number of carbonyl (C=O) groups excluding carboxylic acids is 1. The van der Waals surface area contributed by atoms with Crippen LogP contribution in [0.4, 0.5) is 16.2 Å². The van der Waals surface area contributed by atoms with Crippen molar-refractivity contribution in [3.63, 3.8) is 0 Å². The summed E-state index contributed by atoms with van der Waals surface area (Å²) in [6.07, 6.45) is 1.71. The predicted molar refractivity (Wildman–Crippen MR) is 198 cm³/mol. The van der Waals surface area contributed by atoms with Gasteiger partial charge in [-0.3, -0.25) is 9.80 Å². The summed E-state index contributed by atoms with van der Waals surface area (Å²) in [6, 6.07) is 30.4. The van der Waals surface area contributed by atoms with Gasteiger partial charge in [0.1, 0.15) is 5.60 Å². The lowest BCUT2D eigenvalue weighted by Crippen LogP contribution is -2.47. The van der Waals surface area contributed by atoms with Gasteiger partial charge in [-0.25, -0.2) is 4.79 Å². The van der Waals surface area contributed by atoms with E-state index in [0.717, 1.165) is 84.8 Å². The molecule has 8 nitrogen and oxygen atoms in total. The molecule has 0 unspecified atom stereocenters. The highest BCUT2D eigenvalue weighted by molar-refractivity contribution is 5.95. The zero-order valence-electron chi connectivity index (χ0n) is 28.7. The van der Waals surface area contributed by atoms with Crippen LogP contribution in [0.2, 0.25) is 0 Å². The van der Waals surface area contributed by atoms with E-state index in [0.29, 0.717) is 6.54 Å². The lowest BCUT2D eigenvalue weighted by atomic mass is 10.1. The number of benzene rings is 4. The van der Waals surface area contributed by atoms with Gasteiger partial charge < -0.3 is 25.6 Å². The number of alkyl carbamates (subject to hydrolysis) is 1. The van der Waals surface area contributed by atoms with E-state index in [1.807, 2.05) is 20.8 Å². The molecule has 3 N–H and O–H groups in total. The predicted octanol–water partition coefficient (Wildman–Crippen LogP) is 6.19. The fourth-order valence-electron chi connectivity index (χ4n) is 6.52. The smallest absolute Gasteiger partial charge is 0.407 e. The Morgan fingerprint density at radius 3 is 1.57 bits per heavy atom. The third-order valence-electron chi connectivity index (χ3n) is 8.96. The summed E-state index contributed by atoms with van der Waals surface area (Å²) in [5, 5.41) is 8.16. The van der Waals surface area contributed by atoms with E-state index in [1.54, 1.807) is 0 Å². The molecule has 252 valence electrons. The van der Waals surface area contributed by atoms with Crippen molar-refractivity contribution in [2.75, 3.05) is 88.3 Å². The molecule has 2 saturated heterocycles. The fourth-order valence-corrected chi connectivity index (χ4v) is 6.52. The van der Waals surface area contributed by atoms with Crippen LogP contribution in [0.5, 0.6) is 0 Å². The largest absolute Gasteiger partial charge is 0.444 e. The molecule has 2 aliphatic rings. The first-order chi connectivity index (χ1) is 22.8. The summed E-state index contributed by atoms with van der Waals surface area (Å²) < 4.78 is 5.26. The molecule has 0 bridgehead atoms. The Kier molecular flexibility index (Phi) is 12.3. The minimum atomic E-state index is -0.442. The van der Waals surface area contributed by atoms with E-state index in [-0.39, 0.29) is 6.09 Å². The van der Waals surface area contributed by atoms with Gasteiger partial charge in [-0.15, -0.1) is 0 Å². The molecular weight excluding hydrogens is 584 g/mol. The first-order valence-corrected chi connectivity index (χ1v) is 17.4. The van der Waals surface area contributed by atoms with Gasteiger partial charge in [0.05, 0.1) is 0 Å². The van der Waals surface area contributed by atoms with Crippen LogP contribution >= 0.6 is 0 Å². The molecule has 4 aromatic carbocycles. The number of anilines is 2. The first kappa shape index (κ1) is 34.5. The molecule has 0 atom stereocenters. The number of nitrogens with one attached hydrogen (secondary N) is 1. The number of piperazine rings is 2. The molecule has 0 aliphatic carbocycles. The zero-order valence-corrected chi connectivity index (χ0v) is 28.7. The zero-order chi connectivity index (χ0) is 33.1. The Morgan fingerprint density at radius 1 is 0.660 bits per heavy atom. The van der Waals surface area contributed by atoms with Crippen LogP contribution < -0.4 is 20.9 Å².